The Hall–Kier alpha value is -3.33. The van der Waals surface area contributed by atoms with E-state index in [4.69, 9.17) is 17.2 Å². The Labute approximate surface area is 207 Å². The standard InChI is InChI=1S/C20H35N9O5S/c1-11(16(30)28-14(19(33)34)5-7-35-2)27-18(32)15(8-12-9-24-10-26-12)29-17(31)13(21)4-3-6-25-20(22)23/h9-11,13-15H,3-8,21H2,1-2H3,(H,24,26)(H,27,32)(H,28,30)(H,29,31)(H,33,34)(H4,22,23,25). The number of imidazole rings is 1. The topological polar surface area (TPSA) is 244 Å². The van der Waals surface area contributed by atoms with Crippen LogP contribution in [0.25, 0.3) is 0 Å². The largest absolute Gasteiger partial charge is 0.480 e. The van der Waals surface area contributed by atoms with Crippen LogP contribution in [0.3, 0.4) is 0 Å². The van der Waals surface area contributed by atoms with Crippen LogP contribution in [0, 0.1) is 0 Å². The van der Waals surface area contributed by atoms with Gasteiger partial charge in [0.05, 0.1) is 12.4 Å². The van der Waals surface area contributed by atoms with E-state index in [0.29, 0.717) is 24.4 Å². The van der Waals surface area contributed by atoms with E-state index in [2.05, 4.69) is 30.9 Å². The Morgan fingerprint density at radius 3 is 2.37 bits per heavy atom. The Morgan fingerprint density at radius 2 is 1.80 bits per heavy atom. The molecule has 0 bridgehead atoms. The van der Waals surface area contributed by atoms with Crippen molar-refractivity contribution in [3.05, 3.63) is 18.2 Å². The summed E-state index contributed by atoms with van der Waals surface area (Å²) in [6, 6.07) is -4.09. The van der Waals surface area contributed by atoms with Crippen LogP contribution in [0.5, 0.6) is 0 Å². The van der Waals surface area contributed by atoms with Crippen LogP contribution in [-0.4, -0.2) is 87.4 Å². The minimum absolute atomic E-state index is 0.0589. The Bertz CT molecular complexity index is 861. The molecule has 1 heterocycles. The summed E-state index contributed by atoms with van der Waals surface area (Å²) in [5, 5.41) is 16.8. The molecule has 1 rings (SSSR count). The number of aromatic amines is 1. The molecule has 4 atom stereocenters. The van der Waals surface area contributed by atoms with E-state index in [1.165, 1.54) is 31.2 Å². The molecule has 4 unspecified atom stereocenters. The van der Waals surface area contributed by atoms with Gasteiger partial charge in [-0.3, -0.25) is 19.4 Å². The van der Waals surface area contributed by atoms with Crippen molar-refractivity contribution in [2.45, 2.75) is 56.8 Å². The van der Waals surface area contributed by atoms with Crippen molar-refractivity contribution in [3.63, 3.8) is 0 Å². The number of carboxylic acid groups (broad SMARTS) is 1. The second-order valence-electron chi connectivity index (χ2n) is 7.81. The maximum Gasteiger partial charge on any atom is 0.326 e. The summed E-state index contributed by atoms with van der Waals surface area (Å²) in [5.41, 5.74) is 17.0. The zero-order valence-corrected chi connectivity index (χ0v) is 20.6. The lowest BCUT2D eigenvalue weighted by Gasteiger charge is -2.23. The lowest BCUT2D eigenvalue weighted by atomic mass is 10.1. The molecule has 0 aliphatic rings. The van der Waals surface area contributed by atoms with Gasteiger partial charge in [-0.05, 0) is 38.2 Å². The average molecular weight is 514 g/mol. The number of guanidine groups is 1. The van der Waals surface area contributed by atoms with Gasteiger partial charge >= 0.3 is 5.97 Å². The van der Waals surface area contributed by atoms with E-state index in [-0.39, 0.29) is 25.2 Å². The fourth-order valence-corrected chi connectivity index (χ4v) is 3.40. The van der Waals surface area contributed by atoms with Crippen LogP contribution >= 0.6 is 11.8 Å². The molecule has 14 nitrogen and oxygen atoms in total. The Morgan fingerprint density at radius 1 is 1.11 bits per heavy atom. The zero-order valence-electron chi connectivity index (χ0n) is 19.8. The molecule has 0 aliphatic carbocycles. The molecular formula is C20H35N9O5S. The number of carboxylic acids is 1. The monoisotopic (exact) mass is 513 g/mol. The molecule has 196 valence electrons. The fraction of sp³-hybridized carbons (Fsp3) is 0.600. The number of aliphatic imine (C=N–C) groups is 1. The molecule has 11 N–H and O–H groups in total. The van der Waals surface area contributed by atoms with Gasteiger partial charge < -0.3 is 43.2 Å². The minimum atomic E-state index is -1.16. The summed E-state index contributed by atoms with van der Waals surface area (Å²) in [7, 11) is 0. The fourth-order valence-electron chi connectivity index (χ4n) is 2.92. The number of hydrogen-bond acceptors (Lipinski definition) is 8. The van der Waals surface area contributed by atoms with Crippen molar-refractivity contribution in [3.8, 4) is 0 Å². The summed E-state index contributed by atoms with van der Waals surface area (Å²) in [5.74, 6) is -2.54. The van der Waals surface area contributed by atoms with Crippen LogP contribution in [-0.2, 0) is 25.6 Å². The van der Waals surface area contributed by atoms with Gasteiger partial charge in [0.25, 0.3) is 0 Å². The number of aromatic nitrogens is 2. The smallest absolute Gasteiger partial charge is 0.326 e. The van der Waals surface area contributed by atoms with Crippen LogP contribution in [0.1, 0.15) is 31.9 Å². The number of aliphatic carboxylic acids is 1. The SMILES string of the molecule is CSCCC(NC(=O)C(C)NC(=O)C(Cc1cnc[nH]1)NC(=O)C(N)CCCN=C(N)N)C(=O)O. The van der Waals surface area contributed by atoms with Gasteiger partial charge in [0, 0.05) is 24.9 Å². The molecule has 1 aromatic rings. The molecule has 1 aromatic heterocycles. The molecule has 0 aromatic carbocycles. The first kappa shape index (κ1) is 29.7. The second kappa shape index (κ2) is 15.5. The lowest BCUT2D eigenvalue weighted by Crippen LogP contribution is -2.57. The summed E-state index contributed by atoms with van der Waals surface area (Å²) in [6.45, 7) is 1.73. The maximum absolute atomic E-state index is 12.9. The molecule has 3 amide bonds. The average Bonchev–Trinajstić information content (AvgIpc) is 3.31. The van der Waals surface area contributed by atoms with Gasteiger partial charge in [-0.2, -0.15) is 11.8 Å². The second-order valence-corrected chi connectivity index (χ2v) is 8.79. The molecule has 35 heavy (non-hydrogen) atoms. The van der Waals surface area contributed by atoms with Crippen LogP contribution in [0.2, 0.25) is 0 Å². The number of thioether (sulfide) groups is 1. The molecule has 0 saturated heterocycles. The maximum atomic E-state index is 12.9. The number of hydrogen-bond donors (Lipinski definition) is 8. The van der Waals surface area contributed by atoms with E-state index in [1.807, 2.05) is 6.26 Å². The van der Waals surface area contributed by atoms with Gasteiger partial charge in [0.15, 0.2) is 5.96 Å². The highest BCUT2D eigenvalue weighted by Gasteiger charge is 2.28. The van der Waals surface area contributed by atoms with Crippen LogP contribution in [0.15, 0.2) is 17.5 Å². The highest BCUT2D eigenvalue weighted by Crippen LogP contribution is 2.04. The normalized spacial score (nSPS) is 14.1. The predicted molar refractivity (Wildman–Crippen MR) is 132 cm³/mol. The van der Waals surface area contributed by atoms with Crippen molar-refractivity contribution in [2.24, 2.45) is 22.2 Å². The first-order valence-electron chi connectivity index (χ1n) is 11.0. The lowest BCUT2D eigenvalue weighted by molar-refractivity contribution is -0.142. The highest BCUT2D eigenvalue weighted by molar-refractivity contribution is 7.98. The molecule has 0 saturated carbocycles. The number of amides is 3. The number of nitrogens with zero attached hydrogens (tertiary/aromatic N) is 2. The molecule has 15 heteroatoms. The Balaban J connectivity index is 2.78. The summed E-state index contributed by atoms with van der Waals surface area (Å²) >= 11 is 1.45. The number of nitrogens with one attached hydrogen (secondary N) is 4. The summed E-state index contributed by atoms with van der Waals surface area (Å²) < 4.78 is 0. The summed E-state index contributed by atoms with van der Waals surface area (Å²) in [6.07, 6.45) is 5.81. The van der Waals surface area contributed by atoms with Gasteiger partial charge in [-0.1, -0.05) is 0 Å². The van der Waals surface area contributed by atoms with E-state index in [9.17, 15) is 24.3 Å². The Kier molecular flexibility index (Phi) is 13.2. The highest BCUT2D eigenvalue weighted by atomic mass is 32.2. The van der Waals surface area contributed by atoms with Gasteiger partial charge in [-0.15, -0.1) is 0 Å². The number of H-pyrrole nitrogens is 1. The third kappa shape index (κ3) is 11.6. The van der Waals surface area contributed by atoms with Crippen molar-refractivity contribution < 1.29 is 24.3 Å². The van der Waals surface area contributed by atoms with Gasteiger partial charge in [0.2, 0.25) is 17.7 Å². The van der Waals surface area contributed by atoms with Crippen LogP contribution in [0.4, 0.5) is 0 Å². The van der Waals surface area contributed by atoms with E-state index in [1.54, 1.807) is 0 Å². The number of carbonyl (C=O) groups excluding carboxylic acids is 3. The van der Waals surface area contributed by atoms with E-state index >= 15 is 0 Å². The van der Waals surface area contributed by atoms with E-state index < -0.39 is 47.9 Å². The third-order valence-corrected chi connectivity index (χ3v) is 5.54. The van der Waals surface area contributed by atoms with E-state index in [0.717, 1.165) is 0 Å². The van der Waals surface area contributed by atoms with Crippen molar-refractivity contribution >= 4 is 41.4 Å². The van der Waals surface area contributed by atoms with Gasteiger partial charge in [0.1, 0.15) is 18.1 Å². The zero-order chi connectivity index (χ0) is 26.4. The van der Waals surface area contributed by atoms with Crippen molar-refractivity contribution in [1.82, 2.24) is 25.9 Å². The van der Waals surface area contributed by atoms with Crippen LogP contribution < -0.4 is 33.2 Å². The van der Waals surface area contributed by atoms with Gasteiger partial charge in [-0.25, -0.2) is 9.78 Å². The van der Waals surface area contributed by atoms with Crippen molar-refractivity contribution in [1.29, 1.82) is 0 Å². The predicted octanol–water partition coefficient (Wildman–Crippen LogP) is -2.35. The quantitative estimate of drug-likeness (QED) is 0.0664. The molecule has 0 aliphatic heterocycles. The number of rotatable bonds is 16. The molecular weight excluding hydrogens is 478 g/mol. The summed E-state index contributed by atoms with van der Waals surface area (Å²) in [4.78, 5) is 59.9. The molecule has 0 radical (unpaired) electrons. The van der Waals surface area contributed by atoms with Crippen molar-refractivity contribution in [2.75, 3.05) is 18.6 Å². The third-order valence-electron chi connectivity index (χ3n) is 4.89. The molecule has 0 spiro atoms. The first-order chi connectivity index (χ1) is 16.5. The number of nitrogens with two attached hydrogens (primary N) is 3. The minimum Gasteiger partial charge on any atom is -0.480 e. The number of carbonyl (C=O) groups is 4. The first-order valence-corrected chi connectivity index (χ1v) is 12.4. The molecule has 0 fully saturated rings.